The lowest BCUT2D eigenvalue weighted by atomic mass is 10.2. The van der Waals surface area contributed by atoms with Gasteiger partial charge in [-0.2, -0.15) is 0 Å². The van der Waals surface area contributed by atoms with Crippen LogP contribution in [0.1, 0.15) is 10.4 Å². The Bertz CT molecular complexity index is 525. The van der Waals surface area contributed by atoms with E-state index in [-0.39, 0.29) is 6.61 Å². The first-order valence-electron chi connectivity index (χ1n) is 5.36. The van der Waals surface area contributed by atoms with Gasteiger partial charge in [0.25, 0.3) is 0 Å². The van der Waals surface area contributed by atoms with Gasteiger partial charge in [0, 0.05) is 26.4 Å². The molecular formula is C13H13BrO3S. The molecule has 3 nitrogen and oxygen atoms in total. The summed E-state index contributed by atoms with van der Waals surface area (Å²) in [6, 6.07) is 7.41. The fraction of sp³-hybridized carbons (Fsp3) is 0.231. The van der Waals surface area contributed by atoms with E-state index in [1.54, 1.807) is 36.6 Å². The molecule has 1 aromatic carbocycles. The van der Waals surface area contributed by atoms with Crippen LogP contribution in [0.4, 0.5) is 0 Å². The highest BCUT2D eigenvalue weighted by molar-refractivity contribution is 9.10. The minimum absolute atomic E-state index is 0.0482. The quantitative estimate of drug-likeness (QED) is 0.911. The number of rotatable bonds is 5. The van der Waals surface area contributed by atoms with Gasteiger partial charge in [-0.25, -0.2) is 0 Å². The number of ether oxygens (including phenoxy) is 2. The molecule has 96 valence electrons. The Hall–Kier alpha value is -1.04. The minimum atomic E-state index is -0.0482. The zero-order valence-electron chi connectivity index (χ0n) is 9.85. The van der Waals surface area contributed by atoms with Gasteiger partial charge >= 0.3 is 0 Å². The van der Waals surface area contributed by atoms with Crippen LogP contribution in [0.3, 0.4) is 0 Å². The van der Waals surface area contributed by atoms with Crippen LogP contribution >= 0.6 is 27.3 Å². The first-order valence-corrected chi connectivity index (χ1v) is 7.03. The van der Waals surface area contributed by atoms with E-state index < -0.39 is 0 Å². The monoisotopic (exact) mass is 328 g/mol. The summed E-state index contributed by atoms with van der Waals surface area (Å²) < 4.78 is 11.9. The van der Waals surface area contributed by atoms with E-state index in [1.165, 1.54) is 0 Å². The number of hydrogen-bond donors (Lipinski definition) is 1. The SMILES string of the molecule is COc1ccc(CO)c(OCc2cc(Br)cs2)c1. The van der Waals surface area contributed by atoms with Crippen molar-refractivity contribution in [3.05, 3.63) is 44.6 Å². The highest BCUT2D eigenvalue weighted by atomic mass is 79.9. The lowest BCUT2D eigenvalue weighted by Crippen LogP contribution is -1.98. The third-order valence-electron chi connectivity index (χ3n) is 2.44. The fourth-order valence-corrected chi connectivity index (χ4v) is 2.87. The zero-order chi connectivity index (χ0) is 13.0. The van der Waals surface area contributed by atoms with E-state index in [9.17, 15) is 5.11 Å². The molecule has 1 aromatic heterocycles. The Morgan fingerprint density at radius 3 is 2.78 bits per heavy atom. The Kier molecular flexibility index (Phi) is 4.63. The van der Waals surface area contributed by atoms with Crippen LogP contribution in [0.2, 0.25) is 0 Å². The topological polar surface area (TPSA) is 38.7 Å². The molecule has 0 fully saturated rings. The Balaban J connectivity index is 2.11. The largest absolute Gasteiger partial charge is 0.497 e. The maximum Gasteiger partial charge on any atom is 0.129 e. The summed E-state index contributed by atoms with van der Waals surface area (Å²) in [6.45, 7) is 0.434. The summed E-state index contributed by atoms with van der Waals surface area (Å²) in [4.78, 5) is 1.12. The second kappa shape index (κ2) is 6.22. The molecule has 0 amide bonds. The molecule has 0 atom stereocenters. The van der Waals surface area contributed by atoms with Gasteiger partial charge in [0.15, 0.2) is 0 Å². The predicted molar refractivity (Wildman–Crippen MR) is 75.3 cm³/mol. The molecule has 1 N–H and O–H groups in total. The van der Waals surface area contributed by atoms with Crippen LogP contribution in [-0.2, 0) is 13.2 Å². The van der Waals surface area contributed by atoms with Gasteiger partial charge in [0.05, 0.1) is 13.7 Å². The summed E-state index contributed by atoms with van der Waals surface area (Å²) >= 11 is 5.03. The molecule has 2 rings (SSSR count). The van der Waals surface area contributed by atoms with Crippen molar-refractivity contribution in [2.45, 2.75) is 13.2 Å². The van der Waals surface area contributed by atoms with Gasteiger partial charge in [0.1, 0.15) is 18.1 Å². The maximum absolute atomic E-state index is 9.26. The number of halogens is 1. The summed E-state index contributed by atoms with van der Waals surface area (Å²) in [6.07, 6.45) is 0. The van der Waals surface area contributed by atoms with E-state index in [0.29, 0.717) is 12.4 Å². The molecule has 0 aliphatic heterocycles. The zero-order valence-corrected chi connectivity index (χ0v) is 12.3. The maximum atomic E-state index is 9.26. The van der Waals surface area contributed by atoms with E-state index in [2.05, 4.69) is 15.9 Å². The summed E-state index contributed by atoms with van der Waals surface area (Å²) in [5.41, 5.74) is 0.756. The molecule has 0 aliphatic rings. The molecule has 0 unspecified atom stereocenters. The van der Waals surface area contributed by atoms with Crippen molar-refractivity contribution in [2.75, 3.05) is 7.11 Å². The van der Waals surface area contributed by atoms with Crippen molar-refractivity contribution in [3.8, 4) is 11.5 Å². The highest BCUT2D eigenvalue weighted by Crippen LogP contribution is 2.27. The normalized spacial score (nSPS) is 10.4. The van der Waals surface area contributed by atoms with Crippen molar-refractivity contribution < 1.29 is 14.6 Å². The van der Waals surface area contributed by atoms with Gasteiger partial charge < -0.3 is 14.6 Å². The number of methoxy groups -OCH3 is 1. The van der Waals surface area contributed by atoms with E-state index in [4.69, 9.17) is 9.47 Å². The first-order chi connectivity index (χ1) is 8.72. The van der Waals surface area contributed by atoms with Crippen molar-refractivity contribution in [1.82, 2.24) is 0 Å². The molecule has 0 saturated heterocycles. The standard InChI is InChI=1S/C13H13BrO3S/c1-16-11-3-2-9(6-15)13(5-11)17-7-12-4-10(14)8-18-12/h2-5,8,15H,6-7H2,1H3. The first kappa shape index (κ1) is 13.4. The van der Waals surface area contributed by atoms with Gasteiger partial charge in [0.2, 0.25) is 0 Å². The number of thiophene rings is 1. The number of aliphatic hydroxyl groups excluding tert-OH is 1. The Morgan fingerprint density at radius 1 is 1.33 bits per heavy atom. The van der Waals surface area contributed by atoms with Gasteiger partial charge in [-0.3, -0.25) is 0 Å². The average molecular weight is 329 g/mol. The third kappa shape index (κ3) is 3.25. The highest BCUT2D eigenvalue weighted by Gasteiger charge is 2.06. The molecule has 0 saturated carbocycles. The van der Waals surface area contributed by atoms with E-state index >= 15 is 0 Å². The smallest absolute Gasteiger partial charge is 0.129 e. The number of benzene rings is 1. The third-order valence-corrected chi connectivity index (χ3v) is 4.11. The lowest BCUT2D eigenvalue weighted by Gasteiger charge is -2.10. The Morgan fingerprint density at radius 2 is 2.17 bits per heavy atom. The summed E-state index contributed by atoms with van der Waals surface area (Å²) in [5.74, 6) is 1.37. The number of hydrogen-bond acceptors (Lipinski definition) is 4. The Labute approximate surface area is 118 Å². The summed E-state index contributed by atoms with van der Waals surface area (Å²) in [7, 11) is 1.61. The van der Waals surface area contributed by atoms with Crippen molar-refractivity contribution >= 4 is 27.3 Å². The van der Waals surface area contributed by atoms with Crippen LogP contribution in [0.15, 0.2) is 34.1 Å². The van der Waals surface area contributed by atoms with Crippen LogP contribution in [0.25, 0.3) is 0 Å². The molecule has 0 radical (unpaired) electrons. The minimum Gasteiger partial charge on any atom is -0.497 e. The molecule has 0 bridgehead atoms. The second-order valence-corrected chi connectivity index (χ2v) is 5.56. The molecular weight excluding hydrogens is 316 g/mol. The van der Waals surface area contributed by atoms with Crippen LogP contribution < -0.4 is 9.47 Å². The van der Waals surface area contributed by atoms with Crippen molar-refractivity contribution in [3.63, 3.8) is 0 Å². The summed E-state index contributed by atoms with van der Waals surface area (Å²) in [5, 5.41) is 11.3. The second-order valence-electron chi connectivity index (χ2n) is 3.65. The fourth-order valence-electron chi connectivity index (χ4n) is 1.51. The van der Waals surface area contributed by atoms with Gasteiger partial charge in [-0.05, 0) is 34.1 Å². The molecule has 1 heterocycles. The van der Waals surface area contributed by atoms with Gasteiger partial charge in [-0.1, -0.05) is 0 Å². The van der Waals surface area contributed by atoms with Crippen molar-refractivity contribution in [2.24, 2.45) is 0 Å². The van der Waals surface area contributed by atoms with Crippen LogP contribution in [-0.4, -0.2) is 12.2 Å². The average Bonchev–Trinajstić information content (AvgIpc) is 2.81. The van der Waals surface area contributed by atoms with Crippen molar-refractivity contribution in [1.29, 1.82) is 0 Å². The molecule has 0 spiro atoms. The molecule has 0 aliphatic carbocycles. The lowest BCUT2D eigenvalue weighted by molar-refractivity contribution is 0.259. The number of aliphatic hydroxyl groups is 1. The molecule has 18 heavy (non-hydrogen) atoms. The van der Waals surface area contributed by atoms with Crippen LogP contribution in [0.5, 0.6) is 11.5 Å². The predicted octanol–water partition coefficient (Wildman–Crippen LogP) is 3.59. The van der Waals surface area contributed by atoms with E-state index in [1.807, 2.05) is 11.4 Å². The van der Waals surface area contributed by atoms with E-state index in [0.717, 1.165) is 20.7 Å². The molecule has 5 heteroatoms. The van der Waals surface area contributed by atoms with Gasteiger partial charge in [-0.15, -0.1) is 11.3 Å². The van der Waals surface area contributed by atoms with Crippen LogP contribution in [0, 0.1) is 0 Å². The molecule has 2 aromatic rings.